The van der Waals surface area contributed by atoms with Crippen LogP contribution in [0, 0.1) is 0 Å². The van der Waals surface area contributed by atoms with Gasteiger partial charge in [0.1, 0.15) is 5.76 Å². The van der Waals surface area contributed by atoms with Crippen LogP contribution in [0.3, 0.4) is 0 Å². The second-order valence-corrected chi connectivity index (χ2v) is 5.66. The Hall–Kier alpha value is -1.32. The van der Waals surface area contributed by atoms with Gasteiger partial charge in [-0.05, 0) is 12.8 Å². The van der Waals surface area contributed by atoms with Gasteiger partial charge in [0.15, 0.2) is 5.82 Å². The Bertz CT molecular complexity index is 404. The fraction of sp³-hybridized carbons (Fsp3) is 0.692. The molecule has 1 aliphatic heterocycles. The SMILES string of the molecule is CC(C)(C)c1cc(N2CCCCCC2=O)no1. The van der Waals surface area contributed by atoms with E-state index in [1.54, 1.807) is 4.90 Å². The molecule has 1 aliphatic rings. The van der Waals surface area contributed by atoms with Crippen molar-refractivity contribution in [3.8, 4) is 0 Å². The van der Waals surface area contributed by atoms with E-state index in [0.717, 1.165) is 31.6 Å². The first kappa shape index (κ1) is 12.1. The summed E-state index contributed by atoms with van der Waals surface area (Å²) in [5.41, 5.74) is -0.0693. The van der Waals surface area contributed by atoms with Crippen LogP contribution in [0.2, 0.25) is 0 Å². The van der Waals surface area contributed by atoms with Gasteiger partial charge in [0.05, 0.1) is 0 Å². The molecule has 94 valence electrons. The maximum Gasteiger partial charge on any atom is 0.228 e. The summed E-state index contributed by atoms with van der Waals surface area (Å²) in [6.07, 6.45) is 3.77. The van der Waals surface area contributed by atoms with Crippen molar-refractivity contribution in [3.63, 3.8) is 0 Å². The number of anilines is 1. The number of aromatic nitrogens is 1. The highest BCUT2D eigenvalue weighted by atomic mass is 16.5. The Morgan fingerprint density at radius 1 is 1.29 bits per heavy atom. The molecule has 0 unspecified atom stereocenters. The first-order valence-corrected chi connectivity index (χ1v) is 6.26. The normalized spacial score (nSPS) is 18.3. The Kier molecular flexibility index (Phi) is 3.22. The Morgan fingerprint density at radius 3 is 2.71 bits per heavy atom. The standard InChI is InChI=1S/C13H20N2O2/c1-13(2,3)10-9-11(14-17-10)15-8-6-4-5-7-12(15)16/h9H,4-8H2,1-3H3. The van der Waals surface area contributed by atoms with E-state index in [9.17, 15) is 4.79 Å². The maximum atomic E-state index is 11.9. The number of carbonyl (C=O) groups excluding carboxylic acids is 1. The molecule has 0 aliphatic carbocycles. The van der Waals surface area contributed by atoms with Crippen molar-refractivity contribution in [2.24, 2.45) is 0 Å². The summed E-state index contributed by atoms with van der Waals surface area (Å²) in [5.74, 6) is 1.66. The molecule has 0 saturated carbocycles. The van der Waals surface area contributed by atoms with E-state index >= 15 is 0 Å². The number of amides is 1. The van der Waals surface area contributed by atoms with Gasteiger partial charge in [-0.2, -0.15) is 0 Å². The number of hydrogen-bond donors (Lipinski definition) is 0. The summed E-state index contributed by atoms with van der Waals surface area (Å²) < 4.78 is 5.33. The first-order valence-electron chi connectivity index (χ1n) is 6.26. The van der Waals surface area contributed by atoms with E-state index in [2.05, 4.69) is 25.9 Å². The van der Waals surface area contributed by atoms with Gasteiger partial charge in [-0.3, -0.25) is 9.69 Å². The van der Waals surface area contributed by atoms with E-state index in [4.69, 9.17) is 4.52 Å². The molecule has 1 fully saturated rings. The summed E-state index contributed by atoms with van der Waals surface area (Å²) in [6.45, 7) is 6.97. The van der Waals surface area contributed by atoms with Crippen molar-refractivity contribution in [2.75, 3.05) is 11.4 Å². The van der Waals surface area contributed by atoms with Crippen LogP contribution in [-0.2, 0) is 10.2 Å². The lowest BCUT2D eigenvalue weighted by atomic mass is 9.93. The molecule has 4 heteroatoms. The average Bonchev–Trinajstić information content (AvgIpc) is 2.63. The molecule has 0 atom stereocenters. The summed E-state index contributed by atoms with van der Waals surface area (Å²) in [7, 11) is 0. The van der Waals surface area contributed by atoms with Crippen LogP contribution in [0.15, 0.2) is 10.6 Å². The summed E-state index contributed by atoms with van der Waals surface area (Å²) in [4.78, 5) is 13.7. The van der Waals surface area contributed by atoms with E-state index in [1.165, 1.54) is 0 Å². The highest BCUT2D eigenvalue weighted by molar-refractivity contribution is 5.92. The lowest BCUT2D eigenvalue weighted by Crippen LogP contribution is -2.30. The Morgan fingerprint density at radius 2 is 2.06 bits per heavy atom. The van der Waals surface area contributed by atoms with Crippen LogP contribution >= 0.6 is 0 Å². The minimum Gasteiger partial charge on any atom is -0.359 e. The number of rotatable bonds is 1. The average molecular weight is 236 g/mol. The quantitative estimate of drug-likeness (QED) is 0.753. The molecule has 1 aromatic rings. The molecule has 0 spiro atoms. The Balaban J connectivity index is 2.21. The topological polar surface area (TPSA) is 46.3 Å². The van der Waals surface area contributed by atoms with Crippen LogP contribution in [-0.4, -0.2) is 17.6 Å². The zero-order chi connectivity index (χ0) is 12.5. The first-order chi connectivity index (χ1) is 7.98. The fourth-order valence-electron chi connectivity index (χ4n) is 1.97. The van der Waals surface area contributed by atoms with E-state index in [0.29, 0.717) is 12.2 Å². The predicted molar refractivity (Wildman–Crippen MR) is 66.0 cm³/mol. The van der Waals surface area contributed by atoms with Gasteiger partial charge in [0, 0.05) is 24.4 Å². The van der Waals surface area contributed by atoms with Crippen LogP contribution < -0.4 is 4.90 Å². The molecule has 17 heavy (non-hydrogen) atoms. The largest absolute Gasteiger partial charge is 0.359 e. The van der Waals surface area contributed by atoms with Crippen molar-refractivity contribution >= 4 is 11.7 Å². The number of nitrogens with zero attached hydrogens (tertiary/aromatic N) is 2. The molecule has 4 nitrogen and oxygen atoms in total. The molecule has 1 aromatic heterocycles. The third-order valence-electron chi connectivity index (χ3n) is 3.09. The van der Waals surface area contributed by atoms with E-state index in [1.807, 2.05) is 6.07 Å². The molecular formula is C13H20N2O2. The zero-order valence-electron chi connectivity index (χ0n) is 10.8. The van der Waals surface area contributed by atoms with Crippen molar-refractivity contribution in [2.45, 2.75) is 51.9 Å². The maximum absolute atomic E-state index is 11.9. The van der Waals surface area contributed by atoms with Gasteiger partial charge >= 0.3 is 0 Å². The Labute approximate surface area is 102 Å². The molecule has 2 rings (SSSR count). The molecule has 1 amide bonds. The smallest absolute Gasteiger partial charge is 0.228 e. The second-order valence-electron chi connectivity index (χ2n) is 5.66. The zero-order valence-corrected chi connectivity index (χ0v) is 10.8. The molecule has 0 N–H and O–H groups in total. The fourth-order valence-corrected chi connectivity index (χ4v) is 1.97. The predicted octanol–water partition coefficient (Wildman–Crippen LogP) is 2.88. The molecule has 0 aromatic carbocycles. The molecule has 0 bridgehead atoms. The summed E-state index contributed by atoms with van der Waals surface area (Å²) in [5, 5.41) is 4.03. The van der Waals surface area contributed by atoms with Crippen molar-refractivity contribution in [1.29, 1.82) is 0 Å². The highest BCUT2D eigenvalue weighted by Gasteiger charge is 2.25. The molecule has 2 heterocycles. The minimum atomic E-state index is -0.0693. The van der Waals surface area contributed by atoms with Crippen LogP contribution in [0.1, 0.15) is 52.2 Å². The highest BCUT2D eigenvalue weighted by Crippen LogP contribution is 2.27. The lowest BCUT2D eigenvalue weighted by Gasteiger charge is -2.16. The minimum absolute atomic E-state index is 0.0693. The molecular weight excluding hydrogens is 216 g/mol. The third-order valence-corrected chi connectivity index (χ3v) is 3.09. The van der Waals surface area contributed by atoms with Crippen molar-refractivity contribution < 1.29 is 9.32 Å². The van der Waals surface area contributed by atoms with E-state index in [-0.39, 0.29) is 11.3 Å². The van der Waals surface area contributed by atoms with Gasteiger partial charge in [-0.15, -0.1) is 0 Å². The summed E-state index contributed by atoms with van der Waals surface area (Å²) in [6, 6.07) is 1.89. The van der Waals surface area contributed by atoms with Crippen LogP contribution in [0.25, 0.3) is 0 Å². The van der Waals surface area contributed by atoms with E-state index < -0.39 is 0 Å². The molecule has 1 saturated heterocycles. The number of hydrogen-bond acceptors (Lipinski definition) is 3. The van der Waals surface area contributed by atoms with Crippen LogP contribution in [0.4, 0.5) is 5.82 Å². The van der Waals surface area contributed by atoms with Gasteiger partial charge in [0.2, 0.25) is 5.91 Å². The third kappa shape index (κ3) is 2.68. The monoisotopic (exact) mass is 236 g/mol. The second kappa shape index (κ2) is 4.51. The van der Waals surface area contributed by atoms with Gasteiger partial charge < -0.3 is 4.52 Å². The van der Waals surface area contributed by atoms with Crippen molar-refractivity contribution in [1.82, 2.24) is 5.16 Å². The van der Waals surface area contributed by atoms with Gasteiger partial charge in [-0.1, -0.05) is 32.3 Å². The number of carbonyl (C=O) groups is 1. The molecule has 0 radical (unpaired) electrons. The van der Waals surface area contributed by atoms with Gasteiger partial charge in [-0.25, -0.2) is 0 Å². The summed E-state index contributed by atoms with van der Waals surface area (Å²) >= 11 is 0. The van der Waals surface area contributed by atoms with Crippen molar-refractivity contribution in [3.05, 3.63) is 11.8 Å². The van der Waals surface area contributed by atoms with Crippen LogP contribution in [0.5, 0.6) is 0 Å². The van der Waals surface area contributed by atoms with Gasteiger partial charge in [0.25, 0.3) is 0 Å². The lowest BCUT2D eigenvalue weighted by molar-refractivity contribution is -0.118.